The zero-order valence-electron chi connectivity index (χ0n) is 29.6. The van der Waals surface area contributed by atoms with Gasteiger partial charge in [0.1, 0.15) is 0 Å². The molecule has 4 unspecified atom stereocenters. The van der Waals surface area contributed by atoms with Crippen LogP contribution in [0.4, 0.5) is 5.69 Å². The summed E-state index contributed by atoms with van der Waals surface area (Å²) in [6.07, 6.45) is 29.0. The summed E-state index contributed by atoms with van der Waals surface area (Å²) in [5.74, 6) is 1.43. The standard InChI is InChI=1S/C49H46N2/c1-5-9-20-35(8-4)43-32-37(36-21-11-10-12-22-36)31-42(34(7-3)19-6-2)49(43)51-47-28-18-15-25-41(47)44-33-38(29-30-48(44)51)50-45-26-16-13-23-39(45)40-24-14-17-27-46(40)50/h5-12,15-22,25-33,39-40,45-46H,2-4,13-14,23-24H2,1H3/b9-5-,34-19+,35-20+. The topological polar surface area (TPSA) is 8.17 Å². The molecular weight excluding hydrogens is 617 g/mol. The third-order valence-electron chi connectivity index (χ3n) is 11.3. The molecule has 0 radical (unpaired) electrons. The van der Waals surface area contributed by atoms with Crippen molar-refractivity contribution in [3.05, 3.63) is 183 Å². The van der Waals surface area contributed by atoms with E-state index >= 15 is 0 Å². The van der Waals surface area contributed by atoms with Crippen LogP contribution in [-0.4, -0.2) is 16.7 Å². The number of rotatable bonds is 9. The lowest BCUT2D eigenvalue weighted by Gasteiger charge is -2.33. The van der Waals surface area contributed by atoms with Crippen LogP contribution in [0, 0.1) is 11.8 Å². The van der Waals surface area contributed by atoms with Crippen molar-refractivity contribution in [1.29, 1.82) is 0 Å². The summed E-state index contributed by atoms with van der Waals surface area (Å²) in [5, 5.41) is 2.51. The van der Waals surface area contributed by atoms with Crippen LogP contribution in [0.5, 0.6) is 0 Å². The second-order valence-electron chi connectivity index (χ2n) is 14.0. The molecule has 2 heteroatoms. The Balaban J connectivity index is 1.43. The van der Waals surface area contributed by atoms with E-state index in [2.05, 4.69) is 163 Å². The van der Waals surface area contributed by atoms with E-state index in [9.17, 15) is 0 Å². The molecular formula is C49H46N2. The van der Waals surface area contributed by atoms with Crippen molar-refractivity contribution in [2.75, 3.05) is 4.90 Å². The number of benzene rings is 4. The fourth-order valence-corrected chi connectivity index (χ4v) is 9.09. The Morgan fingerprint density at radius 2 is 1.29 bits per heavy atom. The lowest BCUT2D eigenvalue weighted by atomic mass is 9.77. The van der Waals surface area contributed by atoms with Gasteiger partial charge in [0.25, 0.3) is 0 Å². The van der Waals surface area contributed by atoms with Gasteiger partial charge in [-0.25, -0.2) is 0 Å². The highest BCUT2D eigenvalue weighted by Crippen LogP contribution is 2.49. The molecule has 1 aromatic heterocycles. The van der Waals surface area contributed by atoms with Crippen molar-refractivity contribution in [1.82, 2.24) is 4.57 Å². The van der Waals surface area contributed by atoms with Crippen molar-refractivity contribution in [2.24, 2.45) is 11.8 Å². The molecule has 2 heterocycles. The Kier molecular flexibility index (Phi) is 8.92. The number of allylic oxidation sites excluding steroid dienone is 11. The third-order valence-corrected chi connectivity index (χ3v) is 11.3. The summed E-state index contributed by atoms with van der Waals surface area (Å²) in [7, 11) is 0. The summed E-state index contributed by atoms with van der Waals surface area (Å²) >= 11 is 0. The average molecular weight is 663 g/mol. The molecule has 0 saturated carbocycles. The summed E-state index contributed by atoms with van der Waals surface area (Å²) in [5.41, 5.74) is 11.3. The Hall–Kier alpha value is -5.60. The first kappa shape index (κ1) is 32.6. The molecule has 1 aliphatic heterocycles. The number of para-hydroxylation sites is 1. The van der Waals surface area contributed by atoms with Crippen LogP contribution in [0.3, 0.4) is 0 Å². The number of hydrogen-bond donors (Lipinski definition) is 0. The van der Waals surface area contributed by atoms with E-state index in [1.54, 1.807) is 0 Å². The number of anilines is 1. The normalized spacial score (nSPS) is 21.7. The minimum Gasteiger partial charge on any atom is -0.358 e. The fraction of sp³-hybridized carbons (Fsp3) is 0.184. The SMILES string of the molecule is C=C/C=C(\C=C)c1cc(-c2ccccc2)cc(/C(C=C)=C/C=C\C)c1-n1c2ccccc2c2cc(N3C4C=CCCC4C4CCC=CC43)ccc21. The second-order valence-corrected chi connectivity index (χ2v) is 14.0. The third kappa shape index (κ3) is 5.60. The molecule has 0 spiro atoms. The van der Waals surface area contributed by atoms with E-state index in [0.717, 1.165) is 39.1 Å². The van der Waals surface area contributed by atoms with Crippen molar-refractivity contribution >= 4 is 38.6 Å². The summed E-state index contributed by atoms with van der Waals surface area (Å²) in [6.45, 7) is 14.7. The van der Waals surface area contributed by atoms with Crippen molar-refractivity contribution in [2.45, 2.75) is 44.7 Å². The fourth-order valence-electron chi connectivity index (χ4n) is 9.09. The van der Waals surface area contributed by atoms with Crippen molar-refractivity contribution < 1.29 is 0 Å². The highest BCUT2D eigenvalue weighted by Gasteiger charge is 2.47. The summed E-state index contributed by atoms with van der Waals surface area (Å²) < 4.78 is 2.47. The van der Waals surface area contributed by atoms with Crippen molar-refractivity contribution in [3.63, 3.8) is 0 Å². The molecule has 252 valence electrons. The molecule has 0 bridgehead atoms. The predicted molar refractivity (Wildman–Crippen MR) is 221 cm³/mol. The van der Waals surface area contributed by atoms with Gasteiger partial charge in [-0.1, -0.05) is 135 Å². The van der Waals surface area contributed by atoms with Crippen LogP contribution < -0.4 is 4.90 Å². The number of hydrogen-bond acceptors (Lipinski definition) is 1. The van der Waals surface area contributed by atoms with Gasteiger partial charge in [-0.2, -0.15) is 0 Å². The molecule has 8 rings (SSSR count). The van der Waals surface area contributed by atoms with E-state index < -0.39 is 0 Å². The molecule has 4 atom stereocenters. The largest absolute Gasteiger partial charge is 0.358 e. The van der Waals surface area contributed by atoms with Gasteiger partial charge in [-0.3, -0.25) is 0 Å². The first-order chi connectivity index (χ1) is 25.2. The molecule has 0 amide bonds. The zero-order valence-corrected chi connectivity index (χ0v) is 29.6. The molecule has 51 heavy (non-hydrogen) atoms. The number of aromatic nitrogens is 1. The van der Waals surface area contributed by atoms with Crippen LogP contribution in [0.25, 0.3) is 49.8 Å². The van der Waals surface area contributed by atoms with Crippen LogP contribution in [0.1, 0.15) is 43.7 Å². The molecule has 1 fully saturated rings. The van der Waals surface area contributed by atoms with Gasteiger partial charge >= 0.3 is 0 Å². The first-order valence-corrected chi connectivity index (χ1v) is 18.5. The van der Waals surface area contributed by atoms with Crippen LogP contribution >= 0.6 is 0 Å². The molecule has 2 aliphatic carbocycles. The van der Waals surface area contributed by atoms with E-state index in [-0.39, 0.29) is 0 Å². The molecule has 5 aromatic rings. The van der Waals surface area contributed by atoms with Gasteiger partial charge in [-0.05, 0) is 103 Å². The van der Waals surface area contributed by atoms with Gasteiger partial charge in [-0.15, -0.1) is 0 Å². The van der Waals surface area contributed by atoms with Crippen molar-refractivity contribution in [3.8, 4) is 16.8 Å². The average Bonchev–Trinajstić information content (AvgIpc) is 3.70. The maximum Gasteiger partial charge on any atom is 0.0619 e. The molecule has 0 N–H and O–H groups in total. The van der Waals surface area contributed by atoms with E-state index in [0.29, 0.717) is 23.9 Å². The second kappa shape index (κ2) is 14.0. The van der Waals surface area contributed by atoms with Crippen LogP contribution in [0.15, 0.2) is 172 Å². The van der Waals surface area contributed by atoms with Crippen LogP contribution in [-0.2, 0) is 0 Å². The minimum atomic E-state index is 0.442. The zero-order chi connectivity index (χ0) is 34.9. The van der Waals surface area contributed by atoms with Crippen LogP contribution in [0.2, 0.25) is 0 Å². The Bertz CT molecular complexity index is 2270. The molecule has 3 aliphatic rings. The summed E-state index contributed by atoms with van der Waals surface area (Å²) in [6, 6.07) is 32.2. The summed E-state index contributed by atoms with van der Waals surface area (Å²) in [4.78, 5) is 2.73. The lowest BCUT2D eigenvalue weighted by Crippen LogP contribution is -2.37. The Labute approximate surface area is 303 Å². The van der Waals surface area contributed by atoms with Gasteiger partial charge in [0.05, 0.1) is 28.8 Å². The van der Waals surface area contributed by atoms with Gasteiger partial charge < -0.3 is 9.47 Å². The number of fused-ring (bicyclic) bond motifs is 6. The maximum atomic E-state index is 4.31. The van der Waals surface area contributed by atoms with E-state index in [1.807, 2.05) is 25.2 Å². The van der Waals surface area contributed by atoms with E-state index in [1.165, 1.54) is 53.2 Å². The quantitative estimate of drug-likeness (QED) is 0.113. The first-order valence-electron chi connectivity index (χ1n) is 18.5. The molecule has 1 saturated heterocycles. The predicted octanol–water partition coefficient (Wildman–Crippen LogP) is 12.8. The molecule has 2 nitrogen and oxygen atoms in total. The van der Waals surface area contributed by atoms with Gasteiger partial charge in [0, 0.05) is 27.6 Å². The Morgan fingerprint density at radius 1 is 0.667 bits per heavy atom. The highest BCUT2D eigenvalue weighted by molar-refractivity contribution is 6.11. The monoisotopic (exact) mass is 662 g/mol. The minimum absolute atomic E-state index is 0.442. The van der Waals surface area contributed by atoms with Gasteiger partial charge in [0.2, 0.25) is 0 Å². The highest BCUT2D eigenvalue weighted by atomic mass is 15.2. The van der Waals surface area contributed by atoms with E-state index in [4.69, 9.17) is 0 Å². The number of nitrogens with zero attached hydrogens (tertiary/aromatic N) is 2. The molecule has 4 aromatic carbocycles. The van der Waals surface area contributed by atoms with Gasteiger partial charge in [0.15, 0.2) is 0 Å². The smallest absolute Gasteiger partial charge is 0.0619 e. The Morgan fingerprint density at radius 3 is 1.94 bits per heavy atom. The maximum absolute atomic E-state index is 4.31. The lowest BCUT2D eigenvalue weighted by molar-refractivity contribution is 0.321.